The number of hydrogen-bond donors (Lipinski definition) is 6. The van der Waals surface area contributed by atoms with E-state index >= 15 is 0 Å². The first-order chi connectivity index (χ1) is 9.86. The second-order valence-electron chi connectivity index (χ2n) is 5.34. The third-order valence-electron chi connectivity index (χ3n) is 4.28. The zero-order valence-electron chi connectivity index (χ0n) is 11.5. The van der Waals surface area contributed by atoms with E-state index in [-0.39, 0.29) is 0 Å². The van der Waals surface area contributed by atoms with Crippen LogP contribution in [0.5, 0.6) is 5.75 Å². The predicted octanol–water partition coefficient (Wildman–Crippen LogP) is -2.04. The van der Waals surface area contributed by atoms with Crippen molar-refractivity contribution < 1.29 is 35.4 Å². The Morgan fingerprint density at radius 3 is 2.19 bits per heavy atom. The van der Waals surface area contributed by atoms with E-state index in [9.17, 15) is 25.5 Å². The summed E-state index contributed by atoms with van der Waals surface area (Å²) in [5.74, 6) is -0.601. The monoisotopic (exact) mass is 300 g/mol. The molecule has 1 saturated carbocycles. The minimum atomic E-state index is -2.15. The highest BCUT2D eigenvalue weighted by Gasteiger charge is 2.73. The molecule has 2 rings (SSSR count). The Morgan fingerprint density at radius 1 is 1.19 bits per heavy atom. The fraction of sp³-hybridized carbons (Fsp3) is 0.571. The van der Waals surface area contributed by atoms with Crippen LogP contribution in [0, 0.1) is 0 Å². The Morgan fingerprint density at radius 2 is 1.76 bits per heavy atom. The molecule has 0 aliphatic heterocycles. The molecule has 0 heterocycles. The molecule has 1 aliphatic carbocycles. The number of hydrogen-bond acceptors (Lipinski definition) is 7. The summed E-state index contributed by atoms with van der Waals surface area (Å²) in [6, 6.07) is 6.27. The molecule has 6 N–H and O–H groups in total. The van der Waals surface area contributed by atoms with Crippen molar-refractivity contribution in [2.45, 2.75) is 29.3 Å². The number of aliphatic hydroxyl groups excluding tert-OH is 4. The van der Waals surface area contributed by atoms with Gasteiger partial charge in [0.15, 0.2) is 0 Å². The van der Waals surface area contributed by atoms with Crippen molar-refractivity contribution in [1.82, 2.24) is 0 Å². The normalized spacial score (nSPS) is 36.9. The van der Waals surface area contributed by atoms with Crippen LogP contribution in [0.4, 0.5) is 0 Å². The molecule has 0 radical (unpaired) electrons. The first-order valence-corrected chi connectivity index (χ1v) is 6.52. The van der Waals surface area contributed by atoms with Crippen molar-refractivity contribution in [2.24, 2.45) is 0 Å². The van der Waals surface area contributed by atoms with Gasteiger partial charge in [0.1, 0.15) is 29.2 Å². The summed E-state index contributed by atoms with van der Waals surface area (Å²) in [7, 11) is 1.48. The molecule has 7 nitrogen and oxygen atoms in total. The molecular weight excluding hydrogens is 280 g/mol. The molecule has 0 spiro atoms. The second-order valence-corrected chi connectivity index (χ2v) is 5.34. The SMILES string of the molecule is COc1ccc(C2[C@@](O)([C@H](O)CO)[C@H](O)[C@@]2(O)CO)cc1. The molecule has 1 aromatic rings. The molecule has 0 aromatic heterocycles. The van der Waals surface area contributed by atoms with Crippen LogP contribution in [0.1, 0.15) is 11.5 Å². The first kappa shape index (κ1) is 16.2. The van der Waals surface area contributed by atoms with Gasteiger partial charge in [-0.25, -0.2) is 0 Å². The summed E-state index contributed by atoms with van der Waals surface area (Å²) in [6.45, 7) is -1.59. The van der Waals surface area contributed by atoms with Crippen LogP contribution in [0.25, 0.3) is 0 Å². The fourth-order valence-electron chi connectivity index (χ4n) is 3.07. The Bertz CT molecular complexity index is 491. The fourth-order valence-corrected chi connectivity index (χ4v) is 3.07. The van der Waals surface area contributed by atoms with Gasteiger partial charge in [-0.3, -0.25) is 0 Å². The maximum atomic E-state index is 10.5. The van der Waals surface area contributed by atoms with Crippen LogP contribution in [0.15, 0.2) is 24.3 Å². The summed E-state index contributed by atoms with van der Waals surface area (Å²) in [6.07, 6.45) is -3.45. The molecule has 7 heteroatoms. The molecule has 118 valence electrons. The molecule has 1 fully saturated rings. The quantitative estimate of drug-likeness (QED) is 0.369. The van der Waals surface area contributed by atoms with Crippen LogP contribution < -0.4 is 4.74 Å². The molecule has 0 bridgehead atoms. The Hall–Kier alpha value is -1.22. The van der Waals surface area contributed by atoms with Crippen molar-refractivity contribution in [3.63, 3.8) is 0 Å². The van der Waals surface area contributed by atoms with Crippen LogP contribution in [-0.2, 0) is 0 Å². The largest absolute Gasteiger partial charge is 0.497 e. The minimum absolute atomic E-state index is 0.396. The van der Waals surface area contributed by atoms with E-state index in [0.717, 1.165) is 0 Å². The van der Waals surface area contributed by atoms with Crippen LogP contribution in [0.2, 0.25) is 0 Å². The van der Waals surface area contributed by atoms with Crippen LogP contribution >= 0.6 is 0 Å². The smallest absolute Gasteiger partial charge is 0.131 e. The van der Waals surface area contributed by atoms with Crippen molar-refractivity contribution in [3.8, 4) is 5.75 Å². The van der Waals surface area contributed by atoms with E-state index in [4.69, 9.17) is 9.84 Å². The average Bonchev–Trinajstić information content (AvgIpc) is 2.53. The van der Waals surface area contributed by atoms with Gasteiger partial charge < -0.3 is 35.4 Å². The summed E-state index contributed by atoms with van der Waals surface area (Å²) >= 11 is 0. The lowest BCUT2D eigenvalue weighted by Gasteiger charge is -2.61. The van der Waals surface area contributed by atoms with Gasteiger partial charge in [-0.1, -0.05) is 12.1 Å². The highest BCUT2D eigenvalue weighted by atomic mass is 16.5. The lowest BCUT2D eigenvalue weighted by Crippen LogP contribution is -2.81. The van der Waals surface area contributed by atoms with Gasteiger partial charge in [0.05, 0.1) is 26.2 Å². The minimum Gasteiger partial charge on any atom is -0.497 e. The lowest BCUT2D eigenvalue weighted by atomic mass is 9.51. The number of benzene rings is 1. The lowest BCUT2D eigenvalue weighted by molar-refractivity contribution is -0.327. The van der Waals surface area contributed by atoms with Crippen molar-refractivity contribution >= 4 is 0 Å². The number of aliphatic hydroxyl groups is 6. The maximum absolute atomic E-state index is 10.5. The highest BCUT2D eigenvalue weighted by molar-refractivity contribution is 5.40. The van der Waals surface area contributed by atoms with E-state index in [2.05, 4.69) is 0 Å². The molecule has 1 aromatic carbocycles. The van der Waals surface area contributed by atoms with Gasteiger partial charge in [0.2, 0.25) is 0 Å². The third kappa shape index (κ3) is 2.13. The van der Waals surface area contributed by atoms with Gasteiger partial charge in [0, 0.05) is 0 Å². The van der Waals surface area contributed by atoms with E-state index in [1.165, 1.54) is 7.11 Å². The summed E-state index contributed by atoms with van der Waals surface area (Å²) < 4.78 is 5.01. The zero-order chi connectivity index (χ0) is 15.8. The van der Waals surface area contributed by atoms with E-state index in [0.29, 0.717) is 11.3 Å². The zero-order valence-corrected chi connectivity index (χ0v) is 11.5. The van der Waals surface area contributed by atoms with Gasteiger partial charge in [-0.15, -0.1) is 0 Å². The van der Waals surface area contributed by atoms with E-state index in [1.807, 2.05) is 0 Å². The molecule has 1 aliphatic rings. The molecule has 1 unspecified atom stereocenters. The topological polar surface area (TPSA) is 131 Å². The van der Waals surface area contributed by atoms with E-state index in [1.54, 1.807) is 24.3 Å². The first-order valence-electron chi connectivity index (χ1n) is 6.52. The summed E-state index contributed by atoms with van der Waals surface area (Å²) in [4.78, 5) is 0. The molecule has 0 amide bonds. The summed E-state index contributed by atoms with van der Waals surface area (Å²) in [5, 5.41) is 59.0. The third-order valence-corrected chi connectivity index (χ3v) is 4.28. The van der Waals surface area contributed by atoms with Crippen molar-refractivity contribution in [1.29, 1.82) is 0 Å². The Balaban J connectivity index is 2.43. The van der Waals surface area contributed by atoms with Gasteiger partial charge in [0.25, 0.3) is 0 Å². The Kier molecular flexibility index (Phi) is 4.25. The number of methoxy groups -OCH3 is 1. The molecular formula is C14H20O7. The standard InChI is InChI=1S/C14H20O7/c1-21-9-4-2-8(3-5-9)11-13(19,7-16)12(18)14(11,20)10(17)6-15/h2-5,10-12,15-20H,6-7H2,1H3/t10-,11?,12-,13-,14+/m1/s1. The van der Waals surface area contributed by atoms with Crippen LogP contribution in [-0.4, -0.2) is 74.4 Å². The Labute approximate surface area is 121 Å². The van der Waals surface area contributed by atoms with Crippen molar-refractivity contribution in [3.05, 3.63) is 29.8 Å². The average molecular weight is 300 g/mol. The van der Waals surface area contributed by atoms with Gasteiger partial charge in [-0.2, -0.15) is 0 Å². The second kappa shape index (κ2) is 5.53. The van der Waals surface area contributed by atoms with Crippen molar-refractivity contribution in [2.75, 3.05) is 20.3 Å². The van der Waals surface area contributed by atoms with Gasteiger partial charge >= 0.3 is 0 Å². The van der Waals surface area contributed by atoms with Crippen LogP contribution in [0.3, 0.4) is 0 Å². The molecule has 21 heavy (non-hydrogen) atoms. The van der Waals surface area contributed by atoms with E-state index < -0.39 is 42.5 Å². The highest BCUT2D eigenvalue weighted by Crippen LogP contribution is 2.55. The molecule has 5 atom stereocenters. The number of ether oxygens (including phenoxy) is 1. The number of rotatable bonds is 5. The maximum Gasteiger partial charge on any atom is 0.131 e. The van der Waals surface area contributed by atoms with Gasteiger partial charge in [-0.05, 0) is 17.7 Å². The molecule has 0 saturated heterocycles. The predicted molar refractivity (Wildman–Crippen MR) is 71.8 cm³/mol. The summed E-state index contributed by atoms with van der Waals surface area (Å²) in [5.41, 5.74) is -3.76.